The zero-order valence-electron chi connectivity index (χ0n) is 10.6. The molecule has 6 nitrogen and oxygen atoms in total. The number of para-hydroxylation sites is 1. The van der Waals surface area contributed by atoms with Gasteiger partial charge in [-0.3, -0.25) is 0 Å². The van der Waals surface area contributed by atoms with Crippen molar-refractivity contribution in [2.45, 2.75) is 24.0 Å². The van der Waals surface area contributed by atoms with Gasteiger partial charge in [-0.1, -0.05) is 12.1 Å². The zero-order chi connectivity index (χ0) is 14.4. The number of thioether (sulfide) groups is 1. The lowest BCUT2D eigenvalue weighted by molar-refractivity contribution is -0.141. The van der Waals surface area contributed by atoms with Crippen LogP contribution in [0.2, 0.25) is 0 Å². The minimum Gasteiger partial charge on any atom is -0.480 e. The van der Waals surface area contributed by atoms with Gasteiger partial charge in [0.25, 0.3) is 0 Å². The Kier molecular flexibility index (Phi) is 5.65. The molecule has 2 amide bonds. The van der Waals surface area contributed by atoms with Crippen molar-refractivity contribution in [3.8, 4) is 0 Å². The van der Waals surface area contributed by atoms with E-state index in [1.54, 1.807) is 12.1 Å². The number of anilines is 1. The molecule has 0 aliphatic rings. The maximum absolute atomic E-state index is 11.7. The number of hydrogen-bond acceptors (Lipinski definition) is 4. The van der Waals surface area contributed by atoms with Gasteiger partial charge in [-0.05, 0) is 25.3 Å². The molecule has 19 heavy (non-hydrogen) atoms. The number of rotatable bonds is 5. The minimum atomic E-state index is -1.35. The van der Waals surface area contributed by atoms with Gasteiger partial charge in [0.1, 0.15) is 0 Å². The highest BCUT2D eigenvalue weighted by Gasteiger charge is 2.25. The Bertz CT molecular complexity index is 465. The first-order valence-electron chi connectivity index (χ1n) is 5.57. The van der Waals surface area contributed by atoms with E-state index in [1.165, 1.54) is 18.7 Å². The third kappa shape index (κ3) is 4.46. The number of carboxylic acids is 1. The summed E-state index contributed by atoms with van der Waals surface area (Å²) >= 11 is 1.46. The smallest absolute Gasteiger partial charge is 0.328 e. The van der Waals surface area contributed by atoms with Crippen molar-refractivity contribution in [3.63, 3.8) is 0 Å². The molecule has 2 atom stereocenters. The van der Waals surface area contributed by atoms with Gasteiger partial charge in [0.2, 0.25) is 0 Å². The molecule has 0 aliphatic heterocycles. The van der Waals surface area contributed by atoms with Crippen molar-refractivity contribution >= 4 is 29.4 Å². The van der Waals surface area contributed by atoms with Gasteiger partial charge in [-0.25, -0.2) is 9.59 Å². The van der Waals surface area contributed by atoms with Crippen LogP contribution in [0.5, 0.6) is 0 Å². The van der Waals surface area contributed by atoms with Crippen LogP contribution in [-0.2, 0) is 4.79 Å². The summed E-state index contributed by atoms with van der Waals surface area (Å²) < 4.78 is 0. The van der Waals surface area contributed by atoms with Gasteiger partial charge in [0, 0.05) is 4.90 Å². The largest absolute Gasteiger partial charge is 0.480 e. The van der Waals surface area contributed by atoms with Crippen LogP contribution in [-0.4, -0.2) is 40.6 Å². The second-order valence-electron chi connectivity index (χ2n) is 3.86. The van der Waals surface area contributed by atoms with E-state index < -0.39 is 24.1 Å². The molecule has 0 aliphatic carbocycles. The summed E-state index contributed by atoms with van der Waals surface area (Å²) in [5, 5.41) is 22.9. The molecule has 0 radical (unpaired) electrons. The normalized spacial score (nSPS) is 13.4. The van der Waals surface area contributed by atoms with E-state index in [0.717, 1.165) is 4.90 Å². The maximum atomic E-state index is 11.7. The average molecular weight is 284 g/mol. The number of aliphatic hydroxyl groups excluding tert-OH is 1. The van der Waals surface area contributed by atoms with E-state index in [9.17, 15) is 14.7 Å². The van der Waals surface area contributed by atoms with Crippen LogP contribution in [0.4, 0.5) is 10.5 Å². The molecule has 1 aromatic carbocycles. The first-order chi connectivity index (χ1) is 8.95. The first-order valence-corrected chi connectivity index (χ1v) is 6.79. The highest BCUT2D eigenvalue weighted by Crippen LogP contribution is 2.24. The van der Waals surface area contributed by atoms with Crippen molar-refractivity contribution < 1.29 is 19.8 Å². The monoisotopic (exact) mass is 284 g/mol. The lowest BCUT2D eigenvalue weighted by Crippen LogP contribution is -2.49. The van der Waals surface area contributed by atoms with Crippen molar-refractivity contribution in [1.29, 1.82) is 0 Å². The summed E-state index contributed by atoms with van der Waals surface area (Å²) in [6.45, 7) is 1.30. The van der Waals surface area contributed by atoms with Gasteiger partial charge >= 0.3 is 12.0 Å². The fraction of sp³-hybridized carbons (Fsp3) is 0.333. The number of carboxylic acid groups (broad SMARTS) is 1. The molecule has 4 N–H and O–H groups in total. The summed E-state index contributed by atoms with van der Waals surface area (Å²) in [6.07, 6.45) is 0.688. The number of carbonyl (C=O) groups is 2. The third-order valence-electron chi connectivity index (χ3n) is 2.39. The van der Waals surface area contributed by atoms with Crippen molar-refractivity contribution in [1.82, 2.24) is 5.32 Å². The Morgan fingerprint density at radius 1 is 1.32 bits per heavy atom. The van der Waals surface area contributed by atoms with E-state index in [0.29, 0.717) is 5.69 Å². The Labute approximate surface area is 115 Å². The molecule has 1 aromatic rings. The highest BCUT2D eigenvalue weighted by atomic mass is 32.2. The van der Waals surface area contributed by atoms with Gasteiger partial charge in [0.05, 0.1) is 11.8 Å². The predicted molar refractivity (Wildman–Crippen MR) is 73.5 cm³/mol. The van der Waals surface area contributed by atoms with Crippen LogP contribution in [0.1, 0.15) is 6.92 Å². The standard InChI is InChI=1S/C12H16N2O4S/c1-7(15)10(11(16)17)14-12(18)13-8-5-3-4-6-9(8)19-2/h3-7,10,15H,1-2H3,(H,16,17)(H2,13,14,18). The molecule has 104 valence electrons. The van der Waals surface area contributed by atoms with Crippen LogP contribution in [0.15, 0.2) is 29.2 Å². The zero-order valence-corrected chi connectivity index (χ0v) is 11.4. The average Bonchev–Trinajstić information content (AvgIpc) is 2.36. The fourth-order valence-corrected chi connectivity index (χ4v) is 1.99. The number of aliphatic hydroxyl groups is 1. The SMILES string of the molecule is CSc1ccccc1NC(=O)NC(C(=O)O)C(C)O. The molecule has 0 saturated heterocycles. The predicted octanol–water partition coefficient (Wildman–Crippen LogP) is 1.36. The van der Waals surface area contributed by atoms with Crippen LogP contribution >= 0.6 is 11.8 Å². The topological polar surface area (TPSA) is 98.7 Å². The highest BCUT2D eigenvalue weighted by molar-refractivity contribution is 7.98. The van der Waals surface area contributed by atoms with E-state index >= 15 is 0 Å². The van der Waals surface area contributed by atoms with E-state index in [-0.39, 0.29) is 0 Å². The lowest BCUT2D eigenvalue weighted by atomic mass is 10.2. The Morgan fingerprint density at radius 2 is 1.95 bits per heavy atom. The molecule has 0 saturated carbocycles. The van der Waals surface area contributed by atoms with Crippen molar-refractivity contribution in [3.05, 3.63) is 24.3 Å². The first kappa shape index (κ1) is 15.3. The molecule has 0 spiro atoms. The summed E-state index contributed by atoms with van der Waals surface area (Å²) in [7, 11) is 0. The second-order valence-corrected chi connectivity index (χ2v) is 4.70. The lowest BCUT2D eigenvalue weighted by Gasteiger charge is -2.18. The number of benzene rings is 1. The summed E-state index contributed by atoms with van der Waals surface area (Å²) in [5.41, 5.74) is 0.585. The number of nitrogens with one attached hydrogen (secondary N) is 2. The van der Waals surface area contributed by atoms with Gasteiger partial charge in [-0.2, -0.15) is 0 Å². The molecule has 1 rings (SSSR count). The molecule has 7 heteroatoms. The minimum absolute atomic E-state index is 0.585. The van der Waals surface area contributed by atoms with Crippen LogP contribution in [0.3, 0.4) is 0 Å². The second kappa shape index (κ2) is 7.01. The van der Waals surface area contributed by atoms with Crippen LogP contribution in [0.25, 0.3) is 0 Å². The third-order valence-corrected chi connectivity index (χ3v) is 3.19. The Balaban J connectivity index is 2.72. The maximum Gasteiger partial charge on any atom is 0.328 e. The number of carbonyl (C=O) groups excluding carboxylic acids is 1. The molecule has 0 fully saturated rings. The summed E-state index contributed by atoms with van der Waals surface area (Å²) in [6, 6.07) is 5.13. The number of aliphatic carboxylic acids is 1. The van der Waals surface area contributed by atoms with E-state index in [1.807, 2.05) is 18.4 Å². The van der Waals surface area contributed by atoms with Crippen LogP contribution in [0, 0.1) is 0 Å². The number of urea groups is 1. The van der Waals surface area contributed by atoms with E-state index in [2.05, 4.69) is 10.6 Å². The molecule has 0 bridgehead atoms. The van der Waals surface area contributed by atoms with Gasteiger partial charge in [-0.15, -0.1) is 11.8 Å². The van der Waals surface area contributed by atoms with Crippen LogP contribution < -0.4 is 10.6 Å². The van der Waals surface area contributed by atoms with E-state index in [4.69, 9.17) is 5.11 Å². The van der Waals surface area contributed by atoms with Crippen molar-refractivity contribution in [2.24, 2.45) is 0 Å². The fourth-order valence-electron chi connectivity index (χ4n) is 1.44. The Morgan fingerprint density at radius 3 is 2.47 bits per heavy atom. The van der Waals surface area contributed by atoms with Gasteiger partial charge < -0.3 is 20.8 Å². The number of hydrogen-bond donors (Lipinski definition) is 4. The number of amides is 2. The molecular formula is C12H16N2O4S. The molecule has 0 aromatic heterocycles. The van der Waals surface area contributed by atoms with Gasteiger partial charge in [0.15, 0.2) is 6.04 Å². The van der Waals surface area contributed by atoms with Crippen molar-refractivity contribution in [2.75, 3.05) is 11.6 Å². The Hall–Kier alpha value is -1.73. The molecule has 2 unspecified atom stereocenters. The molecule has 0 heterocycles. The summed E-state index contributed by atoms with van der Waals surface area (Å²) in [5.74, 6) is -1.29. The summed E-state index contributed by atoms with van der Waals surface area (Å²) in [4.78, 5) is 23.4. The molecular weight excluding hydrogens is 268 g/mol. The quantitative estimate of drug-likeness (QED) is 0.612.